The summed E-state index contributed by atoms with van der Waals surface area (Å²) in [6.07, 6.45) is 2.36. The Hall–Kier alpha value is -0.410. The molecule has 1 aromatic rings. The molecular formula is C19H38IN5S. The summed E-state index contributed by atoms with van der Waals surface area (Å²) in [5.41, 5.74) is 1.06. The molecule has 0 aliphatic carbocycles. The van der Waals surface area contributed by atoms with Crippen molar-refractivity contribution in [2.24, 2.45) is 4.99 Å². The number of thiazole rings is 1. The maximum Gasteiger partial charge on any atom is 0.191 e. The zero-order chi connectivity index (χ0) is 18.7. The van der Waals surface area contributed by atoms with Crippen molar-refractivity contribution in [1.82, 2.24) is 20.5 Å². The van der Waals surface area contributed by atoms with E-state index in [-0.39, 0.29) is 24.0 Å². The Labute approximate surface area is 181 Å². The topological polar surface area (TPSA) is 52.6 Å². The lowest BCUT2D eigenvalue weighted by atomic mass is 10.2. The van der Waals surface area contributed by atoms with Gasteiger partial charge in [0, 0.05) is 23.9 Å². The molecule has 0 aliphatic heterocycles. The van der Waals surface area contributed by atoms with Gasteiger partial charge < -0.3 is 15.5 Å². The van der Waals surface area contributed by atoms with Crippen LogP contribution in [-0.4, -0.2) is 48.1 Å². The molecule has 1 heterocycles. The fourth-order valence-corrected chi connectivity index (χ4v) is 3.43. The van der Waals surface area contributed by atoms with Crippen LogP contribution in [0, 0.1) is 0 Å². The van der Waals surface area contributed by atoms with Gasteiger partial charge in [-0.05, 0) is 46.3 Å². The van der Waals surface area contributed by atoms with Crippen LogP contribution in [0.2, 0.25) is 0 Å². The smallest absolute Gasteiger partial charge is 0.191 e. The van der Waals surface area contributed by atoms with Crippen LogP contribution >= 0.6 is 35.3 Å². The minimum absolute atomic E-state index is 0. The molecule has 0 saturated carbocycles. The second-order valence-corrected chi connectivity index (χ2v) is 7.63. The van der Waals surface area contributed by atoms with Crippen molar-refractivity contribution in [3.05, 3.63) is 16.1 Å². The van der Waals surface area contributed by atoms with E-state index in [1.807, 2.05) is 0 Å². The molecule has 7 heteroatoms. The van der Waals surface area contributed by atoms with Gasteiger partial charge in [-0.3, -0.25) is 0 Å². The van der Waals surface area contributed by atoms with Crippen molar-refractivity contribution in [3.8, 4) is 0 Å². The summed E-state index contributed by atoms with van der Waals surface area (Å²) in [5, 5.41) is 10.2. The number of aliphatic imine (C=N–C) groups is 1. The fraction of sp³-hybridized carbons (Fsp3) is 0.789. The van der Waals surface area contributed by atoms with E-state index in [0.717, 1.165) is 37.7 Å². The van der Waals surface area contributed by atoms with Crippen LogP contribution in [0.3, 0.4) is 0 Å². The molecule has 0 fully saturated rings. The van der Waals surface area contributed by atoms with E-state index in [1.165, 1.54) is 18.0 Å². The number of hydrogen-bond acceptors (Lipinski definition) is 4. The maximum absolute atomic E-state index is 4.70. The SMILES string of the molecule is CCNC(=NCc1csc(C(C)C)n1)NC(C)CCCN(CC)CC.I. The van der Waals surface area contributed by atoms with Crippen LogP contribution < -0.4 is 10.6 Å². The Kier molecular flexibility index (Phi) is 14.4. The summed E-state index contributed by atoms with van der Waals surface area (Å²) in [4.78, 5) is 11.8. The lowest BCUT2D eigenvalue weighted by Gasteiger charge is -2.21. The molecule has 2 N–H and O–H groups in total. The predicted molar refractivity (Wildman–Crippen MR) is 126 cm³/mol. The third kappa shape index (κ3) is 10.1. The molecule has 0 bridgehead atoms. The molecule has 0 spiro atoms. The molecule has 0 amide bonds. The van der Waals surface area contributed by atoms with Gasteiger partial charge in [0.25, 0.3) is 0 Å². The Morgan fingerprint density at radius 1 is 1.23 bits per heavy atom. The normalized spacial score (nSPS) is 13.0. The molecule has 0 radical (unpaired) electrons. The molecule has 26 heavy (non-hydrogen) atoms. The van der Waals surface area contributed by atoms with E-state index in [9.17, 15) is 0 Å². The zero-order valence-electron chi connectivity index (χ0n) is 17.3. The first-order chi connectivity index (χ1) is 12.0. The zero-order valence-corrected chi connectivity index (χ0v) is 20.5. The van der Waals surface area contributed by atoms with Gasteiger partial charge in [-0.15, -0.1) is 35.3 Å². The average molecular weight is 496 g/mol. The van der Waals surface area contributed by atoms with Crippen LogP contribution in [-0.2, 0) is 6.54 Å². The Bertz CT molecular complexity index is 500. The Morgan fingerprint density at radius 2 is 1.92 bits per heavy atom. The summed E-state index contributed by atoms with van der Waals surface area (Å²) >= 11 is 1.73. The van der Waals surface area contributed by atoms with Gasteiger partial charge in [0.15, 0.2) is 5.96 Å². The molecule has 0 aromatic carbocycles. The highest BCUT2D eigenvalue weighted by Gasteiger charge is 2.08. The van der Waals surface area contributed by atoms with Gasteiger partial charge in [-0.1, -0.05) is 27.7 Å². The average Bonchev–Trinajstić information content (AvgIpc) is 3.06. The second kappa shape index (κ2) is 14.6. The third-order valence-electron chi connectivity index (χ3n) is 4.20. The molecule has 152 valence electrons. The number of nitrogens with zero attached hydrogens (tertiary/aromatic N) is 3. The fourth-order valence-electron chi connectivity index (χ4n) is 2.61. The van der Waals surface area contributed by atoms with E-state index in [2.05, 4.69) is 67.4 Å². The molecule has 1 aromatic heterocycles. The number of nitrogens with one attached hydrogen (secondary N) is 2. The van der Waals surface area contributed by atoms with Gasteiger partial charge >= 0.3 is 0 Å². The highest BCUT2D eigenvalue weighted by atomic mass is 127. The van der Waals surface area contributed by atoms with Crippen molar-refractivity contribution in [2.45, 2.75) is 72.9 Å². The van der Waals surface area contributed by atoms with Crippen LogP contribution in [0.4, 0.5) is 0 Å². The molecule has 1 unspecified atom stereocenters. The quantitative estimate of drug-likeness (QED) is 0.271. The van der Waals surface area contributed by atoms with Crippen molar-refractivity contribution >= 4 is 41.3 Å². The first kappa shape index (κ1) is 25.6. The summed E-state index contributed by atoms with van der Waals surface area (Å²) in [6, 6.07) is 0.412. The predicted octanol–water partition coefficient (Wildman–Crippen LogP) is 4.45. The van der Waals surface area contributed by atoms with E-state index < -0.39 is 0 Å². The van der Waals surface area contributed by atoms with Crippen molar-refractivity contribution in [1.29, 1.82) is 0 Å². The van der Waals surface area contributed by atoms with Crippen LogP contribution in [0.15, 0.2) is 10.4 Å². The van der Waals surface area contributed by atoms with E-state index >= 15 is 0 Å². The molecule has 1 rings (SSSR count). The van der Waals surface area contributed by atoms with Crippen LogP contribution in [0.5, 0.6) is 0 Å². The van der Waals surface area contributed by atoms with Crippen molar-refractivity contribution in [3.63, 3.8) is 0 Å². The number of halogens is 1. The van der Waals surface area contributed by atoms with Gasteiger partial charge in [0.1, 0.15) is 0 Å². The van der Waals surface area contributed by atoms with Gasteiger partial charge in [-0.2, -0.15) is 0 Å². The monoisotopic (exact) mass is 495 g/mol. The standard InChI is InChI=1S/C19H37N5S.HI/c1-7-20-19(21-13-17-14-25-18(23-17)15(4)5)22-16(6)11-10-12-24(8-2)9-3;/h14-16H,7-13H2,1-6H3,(H2,20,21,22);1H. The van der Waals surface area contributed by atoms with E-state index in [1.54, 1.807) is 11.3 Å². The largest absolute Gasteiger partial charge is 0.357 e. The summed E-state index contributed by atoms with van der Waals surface area (Å²) in [5.74, 6) is 1.37. The maximum atomic E-state index is 4.70. The first-order valence-corrected chi connectivity index (χ1v) is 10.6. The van der Waals surface area contributed by atoms with E-state index in [4.69, 9.17) is 4.99 Å². The van der Waals surface area contributed by atoms with Crippen molar-refractivity contribution in [2.75, 3.05) is 26.2 Å². The molecule has 0 saturated heterocycles. The number of guanidine groups is 1. The summed E-state index contributed by atoms with van der Waals surface area (Å²) in [6.45, 7) is 18.1. The molecular weight excluding hydrogens is 457 g/mol. The summed E-state index contributed by atoms with van der Waals surface area (Å²) in [7, 11) is 0. The van der Waals surface area contributed by atoms with Crippen LogP contribution in [0.1, 0.15) is 71.0 Å². The lowest BCUT2D eigenvalue weighted by molar-refractivity contribution is 0.292. The van der Waals surface area contributed by atoms with Crippen molar-refractivity contribution < 1.29 is 0 Å². The highest BCUT2D eigenvalue weighted by molar-refractivity contribution is 14.0. The minimum atomic E-state index is 0. The minimum Gasteiger partial charge on any atom is -0.357 e. The summed E-state index contributed by atoms with van der Waals surface area (Å²) < 4.78 is 0. The number of rotatable bonds is 11. The first-order valence-electron chi connectivity index (χ1n) is 9.71. The number of aromatic nitrogens is 1. The molecule has 1 atom stereocenters. The molecule has 0 aliphatic rings. The molecule has 5 nitrogen and oxygen atoms in total. The van der Waals surface area contributed by atoms with Gasteiger partial charge in [-0.25, -0.2) is 9.98 Å². The Morgan fingerprint density at radius 3 is 2.46 bits per heavy atom. The van der Waals surface area contributed by atoms with Gasteiger partial charge in [0.05, 0.1) is 17.2 Å². The lowest BCUT2D eigenvalue weighted by Crippen LogP contribution is -2.42. The Balaban J connectivity index is 0.00000625. The number of hydrogen-bond donors (Lipinski definition) is 2. The second-order valence-electron chi connectivity index (χ2n) is 6.74. The highest BCUT2D eigenvalue weighted by Crippen LogP contribution is 2.19. The van der Waals surface area contributed by atoms with Gasteiger partial charge in [0.2, 0.25) is 0 Å². The third-order valence-corrected chi connectivity index (χ3v) is 5.39. The van der Waals surface area contributed by atoms with E-state index in [0.29, 0.717) is 18.5 Å². The van der Waals surface area contributed by atoms with Crippen LogP contribution in [0.25, 0.3) is 0 Å².